The molecule has 1 rings (SSSR count). The van der Waals surface area contributed by atoms with Gasteiger partial charge in [-0.05, 0) is 0 Å². The number of terminal acetylenes is 2. The van der Waals surface area contributed by atoms with E-state index in [1.165, 1.54) is 0 Å². The topological polar surface area (TPSA) is 6.48 Å². The molecule has 2 nitrogen and oxygen atoms in total. The van der Waals surface area contributed by atoms with E-state index in [1.54, 1.807) is 0 Å². The van der Waals surface area contributed by atoms with Crippen LogP contribution in [0.5, 0.6) is 0 Å². The van der Waals surface area contributed by atoms with Crippen molar-refractivity contribution in [1.29, 1.82) is 0 Å². The molecular weight excluding hydrogens is 136 g/mol. The van der Waals surface area contributed by atoms with E-state index in [2.05, 4.69) is 21.6 Å². The predicted octanol–water partition coefficient (Wildman–Crippen LogP) is -0.172. The summed E-state index contributed by atoms with van der Waals surface area (Å²) in [6, 6.07) is 0. The Morgan fingerprint density at radius 2 is 1.45 bits per heavy atom. The Morgan fingerprint density at radius 1 is 1.00 bits per heavy atom. The standard InChI is InChI=1S/C9H12N2/c1-3-5-10-7-8-11(9-10)6-4-2/h1-2H,5-9H2. The van der Waals surface area contributed by atoms with Crippen molar-refractivity contribution in [2.45, 2.75) is 0 Å². The van der Waals surface area contributed by atoms with Crippen LogP contribution in [0.1, 0.15) is 0 Å². The van der Waals surface area contributed by atoms with E-state index in [4.69, 9.17) is 12.8 Å². The van der Waals surface area contributed by atoms with Crippen molar-refractivity contribution >= 4 is 0 Å². The summed E-state index contributed by atoms with van der Waals surface area (Å²) in [6.07, 6.45) is 10.4. The fourth-order valence-corrected chi connectivity index (χ4v) is 1.22. The van der Waals surface area contributed by atoms with Crippen LogP contribution < -0.4 is 0 Å². The van der Waals surface area contributed by atoms with Crippen molar-refractivity contribution in [3.8, 4) is 24.7 Å². The minimum atomic E-state index is 0.737. The zero-order chi connectivity index (χ0) is 8.10. The van der Waals surface area contributed by atoms with Crippen LogP contribution in [0.3, 0.4) is 0 Å². The lowest BCUT2D eigenvalue weighted by Crippen LogP contribution is -2.25. The molecule has 0 bridgehead atoms. The Kier molecular flexibility index (Phi) is 2.98. The van der Waals surface area contributed by atoms with Gasteiger partial charge >= 0.3 is 0 Å². The summed E-state index contributed by atoms with van der Waals surface area (Å²) in [5, 5.41) is 0. The molecule has 0 unspecified atom stereocenters. The monoisotopic (exact) mass is 148 g/mol. The molecule has 0 aromatic carbocycles. The van der Waals surface area contributed by atoms with Gasteiger partial charge in [0.1, 0.15) is 0 Å². The summed E-state index contributed by atoms with van der Waals surface area (Å²) in [5.74, 6) is 5.24. The van der Waals surface area contributed by atoms with Gasteiger partial charge in [-0.1, -0.05) is 11.8 Å². The van der Waals surface area contributed by atoms with Gasteiger partial charge < -0.3 is 0 Å². The zero-order valence-electron chi connectivity index (χ0n) is 6.58. The molecule has 1 saturated heterocycles. The van der Waals surface area contributed by atoms with Crippen LogP contribution in [0.2, 0.25) is 0 Å². The third-order valence-corrected chi connectivity index (χ3v) is 1.76. The first kappa shape index (κ1) is 8.14. The fraction of sp³-hybridized carbons (Fsp3) is 0.556. The molecule has 58 valence electrons. The maximum Gasteiger partial charge on any atom is 0.0610 e. The normalized spacial score (nSPS) is 19.5. The van der Waals surface area contributed by atoms with Gasteiger partial charge in [0.25, 0.3) is 0 Å². The molecule has 0 N–H and O–H groups in total. The Morgan fingerprint density at radius 3 is 1.82 bits per heavy atom. The summed E-state index contributed by atoms with van der Waals surface area (Å²) < 4.78 is 0. The van der Waals surface area contributed by atoms with Crippen molar-refractivity contribution in [3.63, 3.8) is 0 Å². The molecule has 0 aliphatic carbocycles. The first-order chi connectivity index (χ1) is 5.36. The molecule has 0 aromatic heterocycles. The molecule has 11 heavy (non-hydrogen) atoms. The van der Waals surface area contributed by atoms with Crippen LogP contribution in [0, 0.1) is 24.7 Å². The SMILES string of the molecule is C#CCN1CCN(CC#C)C1. The van der Waals surface area contributed by atoms with Gasteiger partial charge in [-0.25, -0.2) is 0 Å². The molecule has 2 heteroatoms. The maximum absolute atomic E-state index is 5.18. The molecule has 1 fully saturated rings. The highest BCUT2D eigenvalue weighted by Crippen LogP contribution is 2.01. The van der Waals surface area contributed by atoms with E-state index in [1.807, 2.05) is 0 Å². The zero-order valence-corrected chi connectivity index (χ0v) is 6.58. The number of nitrogens with zero attached hydrogens (tertiary/aromatic N) is 2. The molecule has 0 aromatic rings. The largest absolute Gasteiger partial charge is 0.278 e. The van der Waals surface area contributed by atoms with Gasteiger partial charge in [0, 0.05) is 13.1 Å². The average molecular weight is 148 g/mol. The van der Waals surface area contributed by atoms with Crippen molar-refractivity contribution in [3.05, 3.63) is 0 Å². The van der Waals surface area contributed by atoms with Gasteiger partial charge in [-0.2, -0.15) is 0 Å². The van der Waals surface area contributed by atoms with Gasteiger partial charge in [-0.15, -0.1) is 12.8 Å². The summed E-state index contributed by atoms with van der Waals surface area (Å²) in [4.78, 5) is 4.41. The molecule has 0 radical (unpaired) electrons. The second-order valence-electron chi connectivity index (χ2n) is 2.65. The molecule has 0 saturated carbocycles. The summed E-state index contributed by atoms with van der Waals surface area (Å²) in [7, 11) is 0. The maximum atomic E-state index is 5.18. The van der Waals surface area contributed by atoms with Gasteiger partial charge in [0.2, 0.25) is 0 Å². The second kappa shape index (κ2) is 4.03. The fourth-order valence-electron chi connectivity index (χ4n) is 1.22. The quantitative estimate of drug-likeness (QED) is 0.502. The molecule has 0 amide bonds. The Balaban J connectivity index is 2.25. The van der Waals surface area contributed by atoms with Crippen LogP contribution >= 0.6 is 0 Å². The predicted molar refractivity (Wildman–Crippen MR) is 45.7 cm³/mol. The molecule has 1 aliphatic heterocycles. The Labute approximate surface area is 68.2 Å². The van der Waals surface area contributed by atoms with Gasteiger partial charge in [0.05, 0.1) is 19.8 Å². The lowest BCUT2D eigenvalue weighted by atomic mass is 10.5. The van der Waals surface area contributed by atoms with E-state index in [0.29, 0.717) is 0 Å². The summed E-state index contributed by atoms with van der Waals surface area (Å²) in [6.45, 7) is 4.49. The van der Waals surface area contributed by atoms with Crippen LogP contribution in [0.4, 0.5) is 0 Å². The molecule has 0 atom stereocenters. The lowest BCUT2D eigenvalue weighted by molar-refractivity contribution is 0.284. The van der Waals surface area contributed by atoms with Gasteiger partial charge in [0.15, 0.2) is 0 Å². The van der Waals surface area contributed by atoms with Crippen molar-refractivity contribution in [2.75, 3.05) is 32.8 Å². The summed E-state index contributed by atoms with van der Waals surface area (Å²) >= 11 is 0. The van der Waals surface area contributed by atoms with Crippen LogP contribution in [0.25, 0.3) is 0 Å². The van der Waals surface area contributed by atoms with Crippen molar-refractivity contribution in [1.82, 2.24) is 9.80 Å². The second-order valence-corrected chi connectivity index (χ2v) is 2.65. The highest BCUT2D eigenvalue weighted by atomic mass is 15.4. The minimum Gasteiger partial charge on any atom is -0.278 e. The molecule has 1 aliphatic rings. The van der Waals surface area contributed by atoms with Crippen molar-refractivity contribution in [2.24, 2.45) is 0 Å². The van der Waals surface area contributed by atoms with E-state index >= 15 is 0 Å². The minimum absolute atomic E-state index is 0.737. The number of hydrogen-bond acceptors (Lipinski definition) is 2. The summed E-state index contributed by atoms with van der Waals surface area (Å²) in [5.41, 5.74) is 0. The van der Waals surface area contributed by atoms with Crippen LogP contribution in [-0.4, -0.2) is 42.6 Å². The van der Waals surface area contributed by atoms with E-state index in [-0.39, 0.29) is 0 Å². The Bertz CT molecular complexity index is 175. The van der Waals surface area contributed by atoms with E-state index < -0.39 is 0 Å². The van der Waals surface area contributed by atoms with Gasteiger partial charge in [-0.3, -0.25) is 9.80 Å². The molecular formula is C9H12N2. The number of hydrogen-bond donors (Lipinski definition) is 0. The first-order valence-electron chi connectivity index (χ1n) is 3.68. The van der Waals surface area contributed by atoms with Crippen molar-refractivity contribution < 1.29 is 0 Å². The highest BCUT2D eigenvalue weighted by Gasteiger charge is 2.16. The van der Waals surface area contributed by atoms with E-state index in [0.717, 1.165) is 32.8 Å². The molecule has 1 heterocycles. The number of rotatable bonds is 2. The molecule has 0 spiro atoms. The average Bonchev–Trinajstić information content (AvgIpc) is 2.38. The smallest absolute Gasteiger partial charge is 0.0610 e. The Hall–Kier alpha value is -0.960. The third kappa shape index (κ3) is 2.27. The van der Waals surface area contributed by atoms with Crippen LogP contribution in [-0.2, 0) is 0 Å². The van der Waals surface area contributed by atoms with Crippen LogP contribution in [0.15, 0.2) is 0 Å². The first-order valence-corrected chi connectivity index (χ1v) is 3.68. The van der Waals surface area contributed by atoms with E-state index in [9.17, 15) is 0 Å². The lowest BCUT2D eigenvalue weighted by Gasteiger charge is -2.12. The highest BCUT2D eigenvalue weighted by molar-refractivity contribution is 4.93. The third-order valence-electron chi connectivity index (χ3n) is 1.76.